The summed E-state index contributed by atoms with van der Waals surface area (Å²) in [6.07, 6.45) is 1.29. The number of hydrogen-bond donors (Lipinski definition) is 2. The quantitative estimate of drug-likeness (QED) is 0.811. The summed E-state index contributed by atoms with van der Waals surface area (Å²) < 4.78 is 0. The zero-order valence-electron chi connectivity index (χ0n) is 10.3. The van der Waals surface area contributed by atoms with E-state index in [1.54, 1.807) is 18.2 Å². The van der Waals surface area contributed by atoms with Gasteiger partial charge in [0.25, 0.3) is 5.91 Å². The van der Waals surface area contributed by atoms with Crippen molar-refractivity contribution in [1.29, 1.82) is 0 Å². The van der Waals surface area contributed by atoms with Gasteiger partial charge in [0.15, 0.2) is 0 Å². The number of nitrogens with two attached hydrogens (primary N) is 1. The zero-order chi connectivity index (χ0) is 14.0. The van der Waals surface area contributed by atoms with Crippen LogP contribution in [0.1, 0.15) is 23.2 Å². The van der Waals surface area contributed by atoms with Gasteiger partial charge < -0.3 is 15.7 Å². The molecule has 1 atom stereocenters. The van der Waals surface area contributed by atoms with Crippen LogP contribution in [0.3, 0.4) is 0 Å². The molecule has 6 heteroatoms. The topological polar surface area (TPSA) is 83.6 Å². The SMILES string of the molecule is Nc1c(Cl)cccc1C(=O)N1CCCC(C(=O)O)C1. The summed E-state index contributed by atoms with van der Waals surface area (Å²) >= 11 is 5.89. The van der Waals surface area contributed by atoms with Crippen LogP contribution in [-0.4, -0.2) is 35.0 Å². The fraction of sp³-hybridized carbons (Fsp3) is 0.385. The summed E-state index contributed by atoms with van der Waals surface area (Å²) in [4.78, 5) is 24.9. The van der Waals surface area contributed by atoms with Crippen LogP contribution in [0, 0.1) is 5.92 Å². The first-order valence-electron chi connectivity index (χ1n) is 6.06. The lowest BCUT2D eigenvalue weighted by Crippen LogP contribution is -2.42. The van der Waals surface area contributed by atoms with Crippen LogP contribution in [0.2, 0.25) is 5.02 Å². The number of likely N-dealkylation sites (tertiary alicyclic amines) is 1. The van der Waals surface area contributed by atoms with Gasteiger partial charge in [-0.1, -0.05) is 17.7 Å². The van der Waals surface area contributed by atoms with E-state index in [4.69, 9.17) is 22.4 Å². The fourth-order valence-corrected chi connectivity index (χ4v) is 2.43. The van der Waals surface area contributed by atoms with E-state index in [9.17, 15) is 9.59 Å². The normalized spacial score (nSPS) is 19.2. The maximum atomic E-state index is 12.3. The number of benzene rings is 1. The minimum Gasteiger partial charge on any atom is -0.481 e. The highest BCUT2D eigenvalue weighted by molar-refractivity contribution is 6.33. The average molecular weight is 283 g/mol. The molecule has 1 aliphatic heterocycles. The molecule has 0 saturated carbocycles. The maximum absolute atomic E-state index is 12.3. The number of anilines is 1. The van der Waals surface area contributed by atoms with Crippen LogP contribution in [-0.2, 0) is 4.79 Å². The van der Waals surface area contributed by atoms with Gasteiger partial charge in [-0.2, -0.15) is 0 Å². The van der Waals surface area contributed by atoms with Gasteiger partial charge in [0.2, 0.25) is 0 Å². The summed E-state index contributed by atoms with van der Waals surface area (Å²) in [6.45, 7) is 0.773. The molecule has 0 radical (unpaired) electrons. The minimum atomic E-state index is -0.864. The Kier molecular flexibility index (Phi) is 3.95. The second-order valence-corrected chi connectivity index (χ2v) is 5.04. The molecule has 1 saturated heterocycles. The second-order valence-electron chi connectivity index (χ2n) is 4.63. The Labute approximate surface area is 116 Å². The van der Waals surface area contributed by atoms with Crippen molar-refractivity contribution < 1.29 is 14.7 Å². The lowest BCUT2D eigenvalue weighted by molar-refractivity contribution is -0.143. The molecule has 1 aromatic carbocycles. The Morgan fingerprint density at radius 1 is 1.42 bits per heavy atom. The molecule has 1 heterocycles. The van der Waals surface area contributed by atoms with E-state index in [2.05, 4.69) is 0 Å². The van der Waals surface area contributed by atoms with Gasteiger partial charge in [0.05, 0.1) is 22.2 Å². The molecule has 0 bridgehead atoms. The van der Waals surface area contributed by atoms with Crippen LogP contribution in [0.15, 0.2) is 18.2 Å². The van der Waals surface area contributed by atoms with Gasteiger partial charge in [-0.15, -0.1) is 0 Å². The van der Waals surface area contributed by atoms with Crippen LogP contribution >= 0.6 is 11.6 Å². The Hall–Kier alpha value is -1.75. The van der Waals surface area contributed by atoms with Crippen molar-refractivity contribution in [2.24, 2.45) is 5.92 Å². The van der Waals surface area contributed by atoms with Crippen molar-refractivity contribution >= 4 is 29.2 Å². The first-order valence-corrected chi connectivity index (χ1v) is 6.44. The summed E-state index contributed by atoms with van der Waals surface area (Å²) in [7, 11) is 0. The number of piperidine rings is 1. The third kappa shape index (κ3) is 2.81. The number of carboxylic acids is 1. The Morgan fingerprint density at radius 3 is 2.84 bits per heavy atom. The van der Waals surface area contributed by atoms with E-state index in [1.165, 1.54) is 4.90 Å². The molecule has 1 amide bonds. The molecule has 0 aromatic heterocycles. The molecule has 5 nitrogen and oxygen atoms in total. The predicted molar refractivity (Wildman–Crippen MR) is 72.1 cm³/mol. The van der Waals surface area contributed by atoms with Crippen molar-refractivity contribution in [3.63, 3.8) is 0 Å². The largest absolute Gasteiger partial charge is 0.481 e. The van der Waals surface area contributed by atoms with Gasteiger partial charge in [-0.05, 0) is 25.0 Å². The molecule has 2 rings (SSSR count). The highest BCUT2D eigenvalue weighted by atomic mass is 35.5. The number of carbonyl (C=O) groups is 2. The third-order valence-electron chi connectivity index (χ3n) is 3.34. The third-order valence-corrected chi connectivity index (χ3v) is 3.67. The monoisotopic (exact) mass is 282 g/mol. The predicted octanol–water partition coefficient (Wildman–Crippen LogP) is 1.86. The molecule has 102 valence electrons. The number of halogens is 1. The van der Waals surface area contributed by atoms with Crippen LogP contribution in [0.25, 0.3) is 0 Å². The van der Waals surface area contributed by atoms with Crippen LogP contribution < -0.4 is 5.73 Å². The van der Waals surface area contributed by atoms with Crippen molar-refractivity contribution in [1.82, 2.24) is 4.90 Å². The number of aliphatic carboxylic acids is 1. The lowest BCUT2D eigenvalue weighted by atomic mass is 9.97. The highest BCUT2D eigenvalue weighted by Gasteiger charge is 2.29. The smallest absolute Gasteiger partial charge is 0.308 e. The van der Waals surface area contributed by atoms with E-state index >= 15 is 0 Å². The van der Waals surface area contributed by atoms with E-state index < -0.39 is 11.9 Å². The van der Waals surface area contributed by atoms with E-state index in [1.807, 2.05) is 0 Å². The summed E-state index contributed by atoms with van der Waals surface area (Å²) in [5.74, 6) is -1.62. The first-order chi connectivity index (χ1) is 9.00. The molecule has 0 aliphatic carbocycles. The summed E-state index contributed by atoms with van der Waals surface area (Å²) in [5, 5.41) is 9.35. The van der Waals surface area contributed by atoms with Crippen molar-refractivity contribution in [3.05, 3.63) is 28.8 Å². The molecular weight excluding hydrogens is 268 g/mol. The second kappa shape index (κ2) is 5.48. The summed E-state index contributed by atoms with van der Waals surface area (Å²) in [6, 6.07) is 4.88. The molecule has 19 heavy (non-hydrogen) atoms. The molecule has 1 unspecified atom stereocenters. The molecule has 0 spiro atoms. The number of nitrogens with zero attached hydrogens (tertiary/aromatic N) is 1. The van der Waals surface area contributed by atoms with E-state index in [0.717, 1.165) is 0 Å². The highest BCUT2D eigenvalue weighted by Crippen LogP contribution is 2.25. The molecule has 3 N–H and O–H groups in total. The number of carbonyl (C=O) groups excluding carboxylic acids is 1. The van der Waals surface area contributed by atoms with Gasteiger partial charge in [0.1, 0.15) is 0 Å². The van der Waals surface area contributed by atoms with E-state index in [0.29, 0.717) is 30.0 Å². The number of hydrogen-bond acceptors (Lipinski definition) is 3. The minimum absolute atomic E-state index is 0.222. The van der Waals surface area contributed by atoms with Crippen molar-refractivity contribution in [2.75, 3.05) is 18.8 Å². The van der Waals surface area contributed by atoms with Crippen molar-refractivity contribution in [2.45, 2.75) is 12.8 Å². The fourth-order valence-electron chi connectivity index (χ4n) is 2.26. The lowest BCUT2D eigenvalue weighted by Gasteiger charge is -2.31. The van der Waals surface area contributed by atoms with Crippen molar-refractivity contribution in [3.8, 4) is 0 Å². The number of rotatable bonds is 2. The number of para-hydroxylation sites is 1. The van der Waals surface area contributed by atoms with Gasteiger partial charge in [0, 0.05) is 13.1 Å². The van der Waals surface area contributed by atoms with Gasteiger partial charge >= 0.3 is 5.97 Å². The first kappa shape index (κ1) is 13.7. The van der Waals surface area contributed by atoms with E-state index in [-0.39, 0.29) is 18.1 Å². The standard InChI is InChI=1S/C13H15ClN2O3/c14-10-5-1-4-9(11(10)15)12(17)16-6-2-3-8(7-16)13(18)19/h1,4-5,8H,2-3,6-7,15H2,(H,18,19). The Balaban J connectivity index is 2.19. The van der Waals surface area contributed by atoms with Gasteiger partial charge in [-0.25, -0.2) is 0 Å². The summed E-state index contributed by atoms with van der Waals surface area (Å²) in [5.41, 5.74) is 6.36. The van der Waals surface area contributed by atoms with Crippen LogP contribution in [0.5, 0.6) is 0 Å². The maximum Gasteiger partial charge on any atom is 0.308 e. The average Bonchev–Trinajstić information content (AvgIpc) is 2.41. The van der Waals surface area contributed by atoms with Gasteiger partial charge in [-0.3, -0.25) is 9.59 Å². The molecule has 1 fully saturated rings. The number of carboxylic acid groups (broad SMARTS) is 1. The number of amides is 1. The number of nitrogen functional groups attached to an aromatic ring is 1. The molecule has 1 aromatic rings. The zero-order valence-corrected chi connectivity index (χ0v) is 11.1. The Morgan fingerprint density at radius 2 is 2.16 bits per heavy atom. The molecule has 1 aliphatic rings. The molecular formula is C13H15ClN2O3. The van der Waals surface area contributed by atoms with Crippen LogP contribution in [0.4, 0.5) is 5.69 Å². The Bertz CT molecular complexity index is 519.